The fourth-order valence-corrected chi connectivity index (χ4v) is 3.82. The fourth-order valence-electron chi connectivity index (χ4n) is 2.42. The molecule has 0 radical (unpaired) electrons. The average molecular weight is 345 g/mol. The molecule has 0 aliphatic carbocycles. The number of thiophene rings is 1. The lowest BCUT2D eigenvalue weighted by atomic mass is 10.2. The number of hydrogen-bond acceptors (Lipinski definition) is 3. The molecule has 0 saturated carbocycles. The van der Waals surface area contributed by atoms with Crippen LogP contribution in [0.4, 0.5) is 0 Å². The summed E-state index contributed by atoms with van der Waals surface area (Å²) in [6, 6.07) is 2.64. The van der Waals surface area contributed by atoms with Crippen molar-refractivity contribution in [2.45, 2.75) is 32.4 Å². The van der Waals surface area contributed by atoms with Crippen LogP contribution in [-0.2, 0) is 6.54 Å². The number of likely N-dealkylation sites (tertiary alicyclic amines) is 1. The Kier molecular flexibility index (Phi) is 5.66. The van der Waals surface area contributed by atoms with Gasteiger partial charge in [-0.1, -0.05) is 6.92 Å². The van der Waals surface area contributed by atoms with Gasteiger partial charge < -0.3 is 11.1 Å². The van der Waals surface area contributed by atoms with Gasteiger partial charge in [0.1, 0.15) is 0 Å². The molecular formula is C13H21BrN4S. The van der Waals surface area contributed by atoms with Crippen LogP contribution in [-0.4, -0.2) is 36.5 Å². The molecule has 1 aliphatic rings. The van der Waals surface area contributed by atoms with E-state index in [0.29, 0.717) is 18.5 Å². The first kappa shape index (κ1) is 14.8. The van der Waals surface area contributed by atoms with Crippen LogP contribution in [0.15, 0.2) is 20.9 Å². The Morgan fingerprint density at radius 3 is 3.21 bits per heavy atom. The van der Waals surface area contributed by atoms with Crippen LogP contribution in [0.25, 0.3) is 0 Å². The molecule has 1 aliphatic heterocycles. The normalized spacial score (nSPS) is 20.9. The number of halogens is 1. The molecule has 19 heavy (non-hydrogen) atoms. The molecule has 0 aromatic carbocycles. The molecule has 1 aromatic rings. The van der Waals surface area contributed by atoms with Gasteiger partial charge in [-0.3, -0.25) is 4.90 Å². The predicted octanol–water partition coefficient (Wildman–Crippen LogP) is 2.40. The number of nitrogens with zero attached hydrogens (tertiary/aromatic N) is 2. The topological polar surface area (TPSA) is 53.6 Å². The third-order valence-corrected chi connectivity index (χ3v) is 5.42. The van der Waals surface area contributed by atoms with Crippen molar-refractivity contribution in [2.24, 2.45) is 10.7 Å². The second-order valence-electron chi connectivity index (χ2n) is 4.70. The number of nitrogens with one attached hydrogen (secondary N) is 1. The van der Waals surface area contributed by atoms with Crippen LogP contribution in [0, 0.1) is 0 Å². The molecule has 0 bridgehead atoms. The fraction of sp³-hybridized carbons (Fsp3) is 0.615. The quantitative estimate of drug-likeness (QED) is 0.637. The highest BCUT2D eigenvalue weighted by molar-refractivity contribution is 9.10. The van der Waals surface area contributed by atoms with Crippen molar-refractivity contribution in [3.05, 3.63) is 20.8 Å². The molecule has 1 fully saturated rings. The Morgan fingerprint density at radius 2 is 2.53 bits per heavy atom. The van der Waals surface area contributed by atoms with E-state index in [4.69, 9.17) is 5.73 Å². The predicted molar refractivity (Wildman–Crippen MR) is 85.6 cm³/mol. The first-order valence-electron chi connectivity index (χ1n) is 6.70. The Morgan fingerprint density at radius 1 is 1.68 bits per heavy atom. The van der Waals surface area contributed by atoms with Crippen molar-refractivity contribution < 1.29 is 0 Å². The van der Waals surface area contributed by atoms with E-state index in [9.17, 15) is 0 Å². The van der Waals surface area contributed by atoms with E-state index in [1.54, 1.807) is 11.3 Å². The summed E-state index contributed by atoms with van der Waals surface area (Å²) in [6.07, 6.45) is 2.55. The third-order valence-electron chi connectivity index (χ3n) is 3.51. The highest BCUT2D eigenvalue weighted by Gasteiger charge is 2.22. The maximum Gasteiger partial charge on any atom is 0.189 e. The number of hydrogen-bond donors (Lipinski definition) is 2. The van der Waals surface area contributed by atoms with Crippen LogP contribution in [0.1, 0.15) is 24.6 Å². The summed E-state index contributed by atoms with van der Waals surface area (Å²) in [5, 5.41) is 5.30. The summed E-state index contributed by atoms with van der Waals surface area (Å²) in [6.45, 7) is 6.08. The highest BCUT2D eigenvalue weighted by atomic mass is 79.9. The zero-order chi connectivity index (χ0) is 13.7. The van der Waals surface area contributed by atoms with Crippen LogP contribution in [0.2, 0.25) is 0 Å². The van der Waals surface area contributed by atoms with E-state index in [2.05, 4.69) is 43.4 Å². The molecule has 6 heteroatoms. The molecule has 1 unspecified atom stereocenters. The average Bonchev–Trinajstić information content (AvgIpc) is 3.02. The minimum atomic E-state index is 0.545. The van der Waals surface area contributed by atoms with Gasteiger partial charge in [0, 0.05) is 21.9 Å². The Balaban J connectivity index is 1.77. The van der Waals surface area contributed by atoms with Gasteiger partial charge in [0.15, 0.2) is 5.96 Å². The van der Waals surface area contributed by atoms with E-state index in [1.807, 2.05) is 6.07 Å². The van der Waals surface area contributed by atoms with Gasteiger partial charge in [0.25, 0.3) is 0 Å². The van der Waals surface area contributed by atoms with Gasteiger partial charge in [-0.15, -0.1) is 11.3 Å². The van der Waals surface area contributed by atoms with E-state index in [1.165, 1.54) is 24.3 Å². The molecular weight excluding hydrogens is 324 g/mol. The Hall–Kier alpha value is -0.590. The van der Waals surface area contributed by atoms with Crippen molar-refractivity contribution >= 4 is 33.2 Å². The maximum absolute atomic E-state index is 5.92. The summed E-state index contributed by atoms with van der Waals surface area (Å²) in [5.41, 5.74) is 5.92. The summed E-state index contributed by atoms with van der Waals surface area (Å²) >= 11 is 5.19. The molecule has 4 nitrogen and oxygen atoms in total. The molecule has 3 N–H and O–H groups in total. The number of aliphatic imine (C=N–C) groups is 1. The standard InChI is InChI=1S/C13H21BrN4S/c1-2-18-6-3-4-10(18)8-16-13(15)17-9-12-11(14)5-7-19-12/h5,7,10H,2-4,6,8-9H2,1H3,(H3,15,16,17). The van der Waals surface area contributed by atoms with Crippen LogP contribution < -0.4 is 11.1 Å². The first-order valence-corrected chi connectivity index (χ1v) is 8.37. The molecule has 1 saturated heterocycles. The van der Waals surface area contributed by atoms with Gasteiger partial charge in [0.05, 0.1) is 6.54 Å². The van der Waals surface area contributed by atoms with Crippen molar-refractivity contribution in [3.63, 3.8) is 0 Å². The van der Waals surface area contributed by atoms with Crippen molar-refractivity contribution in [1.29, 1.82) is 0 Å². The van der Waals surface area contributed by atoms with Crippen molar-refractivity contribution in [1.82, 2.24) is 10.2 Å². The lowest BCUT2D eigenvalue weighted by Crippen LogP contribution is -2.42. The number of nitrogens with two attached hydrogens (primary N) is 1. The lowest BCUT2D eigenvalue weighted by molar-refractivity contribution is 0.267. The first-order chi connectivity index (χ1) is 9.20. The largest absolute Gasteiger partial charge is 0.370 e. The summed E-state index contributed by atoms with van der Waals surface area (Å²) in [7, 11) is 0. The molecule has 106 valence electrons. The zero-order valence-electron chi connectivity index (χ0n) is 11.2. The van der Waals surface area contributed by atoms with Crippen LogP contribution in [0.5, 0.6) is 0 Å². The van der Waals surface area contributed by atoms with Crippen LogP contribution in [0.3, 0.4) is 0 Å². The lowest BCUT2D eigenvalue weighted by Gasteiger charge is -2.23. The van der Waals surface area contributed by atoms with Gasteiger partial charge in [0.2, 0.25) is 0 Å². The summed E-state index contributed by atoms with van der Waals surface area (Å²) in [5.74, 6) is 0.545. The molecule has 1 aromatic heterocycles. The van der Waals surface area contributed by atoms with E-state index in [0.717, 1.165) is 17.6 Å². The minimum Gasteiger partial charge on any atom is -0.370 e. The number of guanidine groups is 1. The summed E-state index contributed by atoms with van der Waals surface area (Å²) in [4.78, 5) is 8.09. The monoisotopic (exact) mass is 344 g/mol. The number of likely N-dealkylation sites (N-methyl/N-ethyl adjacent to an activating group) is 1. The minimum absolute atomic E-state index is 0.545. The van der Waals surface area contributed by atoms with Gasteiger partial charge in [-0.25, -0.2) is 4.99 Å². The highest BCUT2D eigenvalue weighted by Crippen LogP contribution is 2.23. The van der Waals surface area contributed by atoms with Crippen LogP contribution >= 0.6 is 27.3 Å². The maximum atomic E-state index is 5.92. The van der Waals surface area contributed by atoms with Gasteiger partial charge >= 0.3 is 0 Å². The molecule has 2 rings (SSSR count). The second-order valence-corrected chi connectivity index (χ2v) is 6.55. The Labute approximate surface area is 127 Å². The second kappa shape index (κ2) is 7.26. The van der Waals surface area contributed by atoms with Crippen molar-refractivity contribution in [2.75, 3.05) is 19.6 Å². The van der Waals surface area contributed by atoms with Crippen molar-refractivity contribution in [3.8, 4) is 0 Å². The van der Waals surface area contributed by atoms with E-state index < -0.39 is 0 Å². The van der Waals surface area contributed by atoms with E-state index >= 15 is 0 Å². The molecule has 0 amide bonds. The SMILES string of the molecule is CCN1CCCC1CNC(N)=NCc1sccc1Br. The molecule has 0 spiro atoms. The van der Waals surface area contributed by atoms with Gasteiger partial charge in [-0.2, -0.15) is 0 Å². The smallest absolute Gasteiger partial charge is 0.189 e. The van der Waals surface area contributed by atoms with Gasteiger partial charge in [-0.05, 0) is 53.3 Å². The molecule has 1 atom stereocenters. The number of rotatable bonds is 5. The summed E-state index contributed by atoms with van der Waals surface area (Å²) < 4.78 is 1.11. The molecule has 2 heterocycles. The van der Waals surface area contributed by atoms with E-state index in [-0.39, 0.29) is 0 Å². The zero-order valence-corrected chi connectivity index (χ0v) is 13.6. The third kappa shape index (κ3) is 4.19. The Bertz CT molecular complexity index is 432.